The van der Waals surface area contributed by atoms with E-state index in [2.05, 4.69) is 11.9 Å². The van der Waals surface area contributed by atoms with E-state index < -0.39 is 5.91 Å². The number of pyridine rings is 1. The smallest absolute Gasteiger partial charge is 0.250 e. The molecule has 0 fully saturated rings. The molecule has 1 aromatic heterocycles. The van der Waals surface area contributed by atoms with Crippen molar-refractivity contribution < 1.29 is 4.79 Å². The SMILES string of the molecule is [CH2]c1ccc(C(N)=O)cn1. The van der Waals surface area contributed by atoms with Crippen LogP contribution < -0.4 is 5.73 Å². The van der Waals surface area contributed by atoms with Gasteiger partial charge < -0.3 is 5.73 Å². The van der Waals surface area contributed by atoms with E-state index in [1.54, 1.807) is 12.1 Å². The third-order valence-electron chi connectivity index (χ3n) is 1.11. The van der Waals surface area contributed by atoms with Crippen LogP contribution in [0.4, 0.5) is 0 Å². The van der Waals surface area contributed by atoms with Crippen LogP contribution in [0.3, 0.4) is 0 Å². The molecule has 0 unspecified atom stereocenters. The Kier molecular flexibility index (Phi) is 1.67. The molecule has 1 amide bonds. The standard InChI is InChI=1S/C7H7N2O/c1-5-2-3-6(4-9-5)7(8)10/h2-4H,1H2,(H2,8,10). The molecule has 0 aliphatic rings. The largest absolute Gasteiger partial charge is 0.366 e. The van der Waals surface area contributed by atoms with Gasteiger partial charge in [0.05, 0.1) is 5.56 Å². The molecule has 1 heterocycles. The molecule has 3 nitrogen and oxygen atoms in total. The van der Waals surface area contributed by atoms with Crippen LogP contribution in [-0.4, -0.2) is 10.9 Å². The zero-order valence-corrected chi connectivity index (χ0v) is 5.37. The number of nitrogens with two attached hydrogens (primary N) is 1. The maximum absolute atomic E-state index is 10.5. The molecular weight excluding hydrogens is 128 g/mol. The van der Waals surface area contributed by atoms with E-state index in [4.69, 9.17) is 5.73 Å². The highest BCUT2D eigenvalue weighted by molar-refractivity contribution is 5.92. The number of rotatable bonds is 1. The van der Waals surface area contributed by atoms with Gasteiger partial charge in [-0.2, -0.15) is 0 Å². The summed E-state index contributed by atoms with van der Waals surface area (Å²) < 4.78 is 0. The van der Waals surface area contributed by atoms with Gasteiger partial charge in [-0.15, -0.1) is 0 Å². The normalized spacial score (nSPS) is 9.30. The average molecular weight is 135 g/mol. The first-order chi connectivity index (χ1) is 4.70. The molecule has 0 saturated carbocycles. The van der Waals surface area contributed by atoms with Crippen molar-refractivity contribution in [1.82, 2.24) is 4.98 Å². The lowest BCUT2D eigenvalue weighted by Gasteiger charge is -1.92. The monoisotopic (exact) mass is 135 g/mol. The second-order valence-corrected chi connectivity index (χ2v) is 1.90. The molecule has 1 rings (SSSR count). The van der Waals surface area contributed by atoms with Crippen LogP contribution >= 0.6 is 0 Å². The summed E-state index contributed by atoms with van der Waals surface area (Å²) in [5, 5.41) is 0. The summed E-state index contributed by atoms with van der Waals surface area (Å²) in [5.41, 5.74) is 6.00. The Hall–Kier alpha value is -1.38. The van der Waals surface area contributed by atoms with E-state index in [1.165, 1.54) is 6.20 Å². The summed E-state index contributed by atoms with van der Waals surface area (Å²) in [6, 6.07) is 3.23. The lowest BCUT2D eigenvalue weighted by Crippen LogP contribution is -2.10. The third-order valence-corrected chi connectivity index (χ3v) is 1.11. The van der Waals surface area contributed by atoms with Gasteiger partial charge in [0.2, 0.25) is 5.91 Å². The van der Waals surface area contributed by atoms with Crippen molar-refractivity contribution in [3.05, 3.63) is 36.5 Å². The van der Waals surface area contributed by atoms with Gasteiger partial charge in [0.15, 0.2) is 0 Å². The van der Waals surface area contributed by atoms with E-state index >= 15 is 0 Å². The molecule has 1 aromatic rings. The van der Waals surface area contributed by atoms with Crippen molar-refractivity contribution in [3.63, 3.8) is 0 Å². The molecule has 2 N–H and O–H groups in total. The Bertz CT molecular complexity index is 240. The molecule has 0 aromatic carbocycles. The van der Waals surface area contributed by atoms with Crippen LogP contribution in [0.1, 0.15) is 16.1 Å². The second kappa shape index (κ2) is 2.47. The minimum Gasteiger partial charge on any atom is -0.366 e. The lowest BCUT2D eigenvalue weighted by molar-refractivity contribution is 0.1000. The van der Waals surface area contributed by atoms with Crippen molar-refractivity contribution in [2.24, 2.45) is 5.73 Å². The van der Waals surface area contributed by atoms with Gasteiger partial charge in [-0.3, -0.25) is 9.78 Å². The summed E-state index contributed by atoms with van der Waals surface area (Å²) in [4.78, 5) is 14.3. The van der Waals surface area contributed by atoms with Gasteiger partial charge in [0.25, 0.3) is 0 Å². The molecule has 0 saturated heterocycles. The van der Waals surface area contributed by atoms with Crippen LogP contribution in [0.15, 0.2) is 18.3 Å². The first-order valence-corrected chi connectivity index (χ1v) is 2.78. The van der Waals surface area contributed by atoms with Crippen LogP contribution in [0, 0.1) is 6.92 Å². The highest BCUT2D eigenvalue weighted by Crippen LogP contribution is 1.96. The van der Waals surface area contributed by atoms with Crippen molar-refractivity contribution in [3.8, 4) is 0 Å². The van der Waals surface area contributed by atoms with Gasteiger partial charge in [-0.25, -0.2) is 0 Å². The summed E-state index contributed by atoms with van der Waals surface area (Å²) in [7, 11) is 0. The fourth-order valence-corrected chi connectivity index (χ4v) is 0.570. The number of hydrogen-bond acceptors (Lipinski definition) is 2. The summed E-state index contributed by atoms with van der Waals surface area (Å²) in [5.74, 6) is -0.465. The Morgan fingerprint density at radius 1 is 1.60 bits per heavy atom. The van der Waals surface area contributed by atoms with Gasteiger partial charge >= 0.3 is 0 Å². The van der Waals surface area contributed by atoms with Crippen molar-refractivity contribution in [2.75, 3.05) is 0 Å². The Morgan fingerprint density at radius 3 is 2.70 bits per heavy atom. The minimum absolute atomic E-state index is 0.410. The van der Waals surface area contributed by atoms with E-state index in [9.17, 15) is 4.79 Å². The van der Waals surface area contributed by atoms with E-state index in [1.807, 2.05) is 0 Å². The predicted molar refractivity (Wildman–Crippen MR) is 37.2 cm³/mol. The van der Waals surface area contributed by atoms with Crippen molar-refractivity contribution >= 4 is 5.91 Å². The first kappa shape index (κ1) is 6.74. The van der Waals surface area contributed by atoms with E-state index in [-0.39, 0.29) is 0 Å². The average Bonchev–Trinajstić information content (AvgIpc) is 1.88. The number of amides is 1. The molecule has 10 heavy (non-hydrogen) atoms. The van der Waals surface area contributed by atoms with Gasteiger partial charge in [-0.1, -0.05) is 0 Å². The third kappa shape index (κ3) is 1.31. The van der Waals surface area contributed by atoms with Crippen molar-refractivity contribution in [2.45, 2.75) is 0 Å². The van der Waals surface area contributed by atoms with Gasteiger partial charge in [-0.05, 0) is 19.1 Å². The van der Waals surface area contributed by atoms with Crippen LogP contribution in [0.25, 0.3) is 0 Å². The fourth-order valence-electron chi connectivity index (χ4n) is 0.570. The molecule has 0 spiro atoms. The second-order valence-electron chi connectivity index (χ2n) is 1.90. The Labute approximate surface area is 58.9 Å². The maximum atomic E-state index is 10.5. The van der Waals surface area contributed by atoms with E-state index in [0.717, 1.165) is 0 Å². The molecule has 3 heteroatoms. The highest BCUT2D eigenvalue weighted by Gasteiger charge is 1.97. The quantitative estimate of drug-likeness (QED) is 0.604. The highest BCUT2D eigenvalue weighted by atomic mass is 16.1. The molecule has 0 aliphatic heterocycles. The van der Waals surface area contributed by atoms with Crippen LogP contribution in [0.2, 0.25) is 0 Å². The van der Waals surface area contributed by atoms with E-state index in [0.29, 0.717) is 11.3 Å². The summed E-state index contributed by atoms with van der Waals surface area (Å²) in [6.07, 6.45) is 1.41. The lowest BCUT2D eigenvalue weighted by atomic mass is 10.2. The number of primary amides is 1. The molecule has 0 atom stereocenters. The molecule has 0 bridgehead atoms. The molecule has 1 radical (unpaired) electrons. The van der Waals surface area contributed by atoms with Gasteiger partial charge in [0.1, 0.15) is 0 Å². The zero-order chi connectivity index (χ0) is 7.56. The topological polar surface area (TPSA) is 56.0 Å². The Morgan fingerprint density at radius 2 is 2.30 bits per heavy atom. The Balaban J connectivity index is 3.00. The van der Waals surface area contributed by atoms with Gasteiger partial charge in [0, 0.05) is 11.9 Å². The summed E-state index contributed by atoms with van der Waals surface area (Å²) in [6.45, 7) is 3.56. The minimum atomic E-state index is -0.465. The number of nitrogens with zero attached hydrogens (tertiary/aromatic N) is 1. The molecule has 0 aliphatic carbocycles. The summed E-state index contributed by atoms with van der Waals surface area (Å²) >= 11 is 0. The zero-order valence-electron chi connectivity index (χ0n) is 5.37. The fraction of sp³-hybridized carbons (Fsp3) is 0. The van der Waals surface area contributed by atoms with Crippen LogP contribution in [-0.2, 0) is 0 Å². The number of hydrogen-bond donors (Lipinski definition) is 1. The van der Waals surface area contributed by atoms with Crippen molar-refractivity contribution in [1.29, 1.82) is 0 Å². The first-order valence-electron chi connectivity index (χ1n) is 2.78. The molecular formula is C7H7N2O. The van der Waals surface area contributed by atoms with Crippen LogP contribution in [0.5, 0.6) is 0 Å². The predicted octanol–water partition coefficient (Wildman–Crippen LogP) is 0.363. The number of aromatic nitrogens is 1. The molecule has 51 valence electrons. The number of carbonyl (C=O) groups excluding carboxylic acids is 1. The maximum Gasteiger partial charge on any atom is 0.250 e. The number of carbonyl (C=O) groups is 1.